The molecule has 0 saturated heterocycles. The van der Waals surface area contributed by atoms with Gasteiger partial charge in [-0.1, -0.05) is 13.8 Å². The number of hydrogen-bond donors (Lipinski definition) is 3. The predicted molar refractivity (Wildman–Crippen MR) is 71.3 cm³/mol. The Bertz CT molecular complexity index is 520. The first-order valence-electron chi connectivity index (χ1n) is 6.55. The van der Waals surface area contributed by atoms with Crippen LogP contribution in [0.4, 0.5) is 5.82 Å². The lowest BCUT2D eigenvalue weighted by Gasteiger charge is -2.21. The van der Waals surface area contributed by atoms with Crippen molar-refractivity contribution in [1.82, 2.24) is 9.97 Å². The second-order valence-corrected chi connectivity index (χ2v) is 5.38. The Morgan fingerprint density at radius 1 is 1.58 bits per heavy atom. The molecule has 104 valence electrons. The number of aromatic nitrogens is 2. The van der Waals surface area contributed by atoms with Crippen molar-refractivity contribution in [3.63, 3.8) is 0 Å². The molecule has 1 atom stereocenters. The van der Waals surface area contributed by atoms with E-state index in [1.165, 1.54) is 6.07 Å². The predicted octanol–water partition coefficient (Wildman–Crippen LogP) is 1.56. The minimum absolute atomic E-state index is 0.00487. The van der Waals surface area contributed by atoms with Gasteiger partial charge in [-0.05, 0) is 18.8 Å². The first-order valence-corrected chi connectivity index (χ1v) is 6.55. The largest absolute Gasteiger partial charge is 0.481 e. The molecular formula is C13H19N3O3. The quantitative estimate of drug-likeness (QED) is 0.725. The standard InChI is InChI=1S/C13H19N3O3/c1-7(2)9(5-12(18)19)14-10-6-11(17)16-13(15-10)8-3-4-8/h6-9H,3-5H2,1-2H3,(H,18,19)(H2,14,15,16,17). The third kappa shape index (κ3) is 3.81. The number of H-pyrrole nitrogens is 1. The van der Waals surface area contributed by atoms with E-state index in [-0.39, 0.29) is 23.9 Å². The molecule has 6 nitrogen and oxygen atoms in total. The van der Waals surface area contributed by atoms with Crippen molar-refractivity contribution in [2.75, 3.05) is 5.32 Å². The molecule has 0 radical (unpaired) electrons. The molecule has 6 heteroatoms. The fourth-order valence-electron chi connectivity index (χ4n) is 1.93. The lowest BCUT2D eigenvalue weighted by molar-refractivity contribution is -0.137. The van der Waals surface area contributed by atoms with Gasteiger partial charge in [0.15, 0.2) is 0 Å². The number of aromatic amines is 1. The number of carboxylic acid groups (broad SMARTS) is 1. The van der Waals surface area contributed by atoms with Crippen LogP contribution in [0.15, 0.2) is 10.9 Å². The molecule has 1 aromatic heterocycles. The number of hydrogen-bond acceptors (Lipinski definition) is 4. The fraction of sp³-hybridized carbons (Fsp3) is 0.615. The minimum Gasteiger partial charge on any atom is -0.481 e. The molecule has 19 heavy (non-hydrogen) atoms. The average Bonchev–Trinajstić information content (AvgIpc) is 3.10. The second kappa shape index (κ2) is 5.42. The highest BCUT2D eigenvalue weighted by molar-refractivity contribution is 5.68. The number of anilines is 1. The van der Waals surface area contributed by atoms with E-state index in [1.54, 1.807) is 0 Å². The molecular weight excluding hydrogens is 246 g/mol. The summed E-state index contributed by atoms with van der Waals surface area (Å²) in [4.78, 5) is 29.5. The van der Waals surface area contributed by atoms with Crippen LogP contribution in [0.3, 0.4) is 0 Å². The Hall–Kier alpha value is -1.85. The van der Waals surface area contributed by atoms with Crippen LogP contribution in [0.5, 0.6) is 0 Å². The highest BCUT2D eigenvalue weighted by atomic mass is 16.4. The molecule has 1 aromatic rings. The van der Waals surface area contributed by atoms with E-state index < -0.39 is 5.97 Å². The lowest BCUT2D eigenvalue weighted by atomic mass is 10.0. The van der Waals surface area contributed by atoms with Gasteiger partial charge in [-0.3, -0.25) is 9.59 Å². The smallest absolute Gasteiger partial charge is 0.305 e. The van der Waals surface area contributed by atoms with Crippen LogP contribution in [0.2, 0.25) is 0 Å². The van der Waals surface area contributed by atoms with Gasteiger partial charge < -0.3 is 15.4 Å². The Morgan fingerprint density at radius 3 is 2.79 bits per heavy atom. The van der Waals surface area contributed by atoms with Crippen LogP contribution in [-0.4, -0.2) is 27.1 Å². The fourth-order valence-corrected chi connectivity index (χ4v) is 1.93. The Labute approximate surface area is 111 Å². The maximum Gasteiger partial charge on any atom is 0.305 e. The summed E-state index contributed by atoms with van der Waals surface area (Å²) >= 11 is 0. The summed E-state index contributed by atoms with van der Waals surface area (Å²) in [7, 11) is 0. The van der Waals surface area contributed by atoms with Gasteiger partial charge in [-0.25, -0.2) is 4.98 Å². The van der Waals surface area contributed by atoms with Crippen molar-refractivity contribution >= 4 is 11.8 Å². The maximum absolute atomic E-state index is 11.6. The Kier molecular flexibility index (Phi) is 3.87. The van der Waals surface area contributed by atoms with Crippen molar-refractivity contribution in [3.05, 3.63) is 22.2 Å². The topological polar surface area (TPSA) is 95.1 Å². The summed E-state index contributed by atoms with van der Waals surface area (Å²) in [5.41, 5.74) is -0.197. The van der Waals surface area contributed by atoms with Gasteiger partial charge in [0.25, 0.3) is 5.56 Å². The SMILES string of the molecule is CC(C)C(CC(=O)O)Nc1cc(=O)[nH]c(C2CC2)n1. The molecule has 0 amide bonds. The number of rotatable bonds is 6. The monoisotopic (exact) mass is 265 g/mol. The zero-order chi connectivity index (χ0) is 14.0. The van der Waals surface area contributed by atoms with E-state index in [0.29, 0.717) is 17.6 Å². The average molecular weight is 265 g/mol. The molecule has 1 heterocycles. The van der Waals surface area contributed by atoms with Gasteiger partial charge in [0.2, 0.25) is 0 Å². The second-order valence-electron chi connectivity index (χ2n) is 5.38. The van der Waals surface area contributed by atoms with E-state index in [1.807, 2.05) is 13.8 Å². The van der Waals surface area contributed by atoms with Gasteiger partial charge in [-0.15, -0.1) is 0 Å². The summed E-state index contributed by atoms with van der Waals surface area (Å²) < 4.78 is 0. The van der Waals surface area contributed by atoms with E-state index in [9.17, 15) is 9.59 Å². The van der Waals surface area contributed by atoms with E-state index in [2.05, 4.69) is 15.3 Å². The number of carbonyl (C=O) groups is 1. The van der Waals surface area contributed by atoms with Crippen molar-refractivity contribution in [3.8, 4) is 0 Å². The lowest BCUT2D eigenvalue weighted by Crippen LogP contribution is -2.30. The van der Waals surface area contributed by atoms with Gasteiger partial charge in [0.05, 0.1) is 6.42 Å². The van der Waals surface area contributed by atoms with Crippen LogP contribution in [0.25, 0.3) is 0 Å². The molecule has 2 rings (SSSR count). The zero-order valence-corrected chi connectivity index (χ0v) is 11.1. The highest BCUT2D eigenvalue weighted by Crippen LogP contribution is 2.37. The Balaban J connectivity index is 2.15. The summed E-state index contributed by atoms with van der Waals surface area (Å²) in [5, 5.41) is 12.0. The third-order valence-corrected chi connectivity index (χ3v) is 3.26. The van der Waals surface area contributed by atoms with Crippen LogP contribution >= 0.6 is 0 Å². The number of nitrogens with one attached hydrogen (secondary N) is 2. The molecule has 1 aliphatic carbocycles. The van der Waals surface area contributed by atoms with Gasteiger partial charge >= 0.3 is 5.97 Å². The number of nitrogens with zero attached hydrogens (tertiary/aromatic N) is 1. The van der Waals surface area contributed by atoms with E-state index in [4.69, 9.17) is 5.11 Å². The van der Waals surface area contributed by atoms with Crippen molar-refractivity contribution < 1.29 is 9.90 Å². The molecule has 0 bridgehead atoms. The number of carboxylic acids is 1. The summed E-state index contributed by atoms with van der Waals surface area (Å²) in [6.45, 7) is 3.88. The molecule has 1 aliphatic rings. The van der Waals surface area contributed by atoms with Gasteiger partial charge in [0.1, 0.15) is 11.6 Å². The first-order chi connectivity index (χ1) is 8.95. The molecule has 1 unspecified atom stereocenters. The molecule has 1 saturated carbocycles. The van der Waals surface area contributed by atoms with Crippen LogP contribution in [-0.2, 0) is 4.79 Å². The number of aliphatic carboxylic acids is 1. The van der Waals surface area contributed by atoms with Crippen molar-refractivity contribution in [2.45, 2.75) is 45.1 Å². The molecule has 0 aromatic carbocycles. The summed E-state index contributed by atoms with van der Waals surface area (Å²) in [6.07, 6.45) is 2.11. The van der Waals surface area contributed by atoms with E-state index >= 15 is 0 Å². The summed E-state index contributed by atoms with van der Waals surface area (Å²) in [5.74, 6) is 0.796. The van der Waals surface area contributed by atoms with Crippen LogP contribution in [0.1, 0.15) is 44.9 Å². The highest BCUT2D eigenvalue weighted by Gasteiger charge is 2.27. The van der Waals surface area contributed by atoms with Crippen molar-refractivity contribution in [1.29, 1.82) is 0 Å². The van der Waals surface area contributed by atoms with Gasteiger partial charge in [0, 0.05) is 18.0 Å². The van der Waals surface area contributed by atoms with E-state index in [0.717, 1.165) is 12.8 Å². The summed E-state index contributed by atoms with van der Waals surface area (Å²) in [6, 6.07) is 1.14. The maximum atomic E-state index is 11.6. The van der Waals surface area contributed by atoms with Gasteiger partial charge in [-0.2, -0.15) is 0 Å². The zero-order valence-electron chi connectivity index (χ0n) is 11.1. The van der Waals surface area contributed by atoms with Crippen molar-refractivity contribution in [2.24, 2.45) is 5.92 Å². The third-order valence-electron chi connectivity index (χ3n) is 3.26. The molecule has 3 N–H and O–H groups in total. The Morgan fingerprint density at radius 2 is 2.26 bits per heavy atom. The minimum atomic E-state index is -0.863. The normalized spacial score (nSPS) is 16.4. The molecule has 0 spiro atoms. The molecule has 0 aliphatic heterocycles. The van der Waals surface area contributed by atoms with Crippen LogP contribution < -0.4 is 10.9 Å². The van der Waals surface area contributed by atoms with Crippen LogP contribution in [0, 0.1) is 5.92 Å². The molecule has 1 fully saturated rings. The first kappa shape index (κ1) is 13.6.